The summed E-state index contributed by atoms with van der Waals surface area (Å²) < 4.78 is 0. The van der Waals surface area contributed by atoms with Gasteiger partial charge in [0.05, 0.1) is 0 Å². The number of thioether (sulfide) groups is 1. The Bertz CT molecular complexity index is 302. The second-order valence-corrected chi connectivity index (χ2v) is 5.46. The monoisotopic (exact) mass is 237 g/mol. The third kappa shape index (κ3) is 3.46. The summed E-state index contributed by atoms with van der Waals surface area (Å²) in [7, 11) is 0. The summed E-state index contributed by atoms with van der Waals surface area (Å²) in [5.74, 6) is 0. The van der Waals surface area contributed by atoms with Gasteiger partial charge in [-0.25, -0.2) is 9.97 Å². The molecule has 2 unspecified atom stereocenters. The zero-order valence-corrected chi connectivity index (χ0v) is 10.5. The van der Waals surface area contributed by atoms with Crippen LogP contribution in [0.15, 0.2) is 23.6 Å². The quantitative estimate of drug-likeness (QED) is 0.816. The molecule has 0 amide bonds. The van der Waals surface area contributed by atoms with Gasteiger partial charge in [-0.15, -0.1) is 0 Å². The van der Waals surface area contributed by atoms with E-state index in [1.54, 1.807) is 0 Å². The molecule has 1 aliphatic rings. The number of rotatable bonds is 4. The first kappa shape index (κ1) is 11.9. The van der Waals surface area contributed by atoms with Crippen molar-refractivity contribution < 1.29 is 0 Å². The first-order chi connectivity index (χ1) is 7.88. The summed E-state index contributed by atoms with van der Waals surface area (Å²) >= 11 is 1.83. The van der Waals surface area contributed by atoms with Crippen LogP contribution in [0.5, 0.6) is 0 Å². The van der Waals surface area contributed by atoms with Crippen molar-refractivity contribution in [3.63, 3.8) is 0 Å². The Hall–Kier alpha value is -0.610. The van der Waals surface area contributed by atoms with E-state index in [1.807, 2.05) is 30.2 Å². The molecule has 0 aromatic carbocycles. The fourth-order valence-electron chi connectivity index (χ4n) is 2.22. The number of nitrogens with zero attached hydrogens (tertiary/aromatic N) is 2. The molecule has 88 valence electrons. The van der Waals surface area contributed by atoms with Crippen LogP contribution < -0.4 is 5.32 Å². The molecule has 1 aromatic rings. The molecule has 1 aromatic heterocycles. The van der Waals surface area contributed by atoms with Gasteiger partial charge in [-0.3, -0.25) is 0 Å². The van der Waals surface area contributed by atoms with Gasteiger partial charge in [-0.05, 0) is 31.9 Å². The second kappa shape index (κ2) is 6.21. The number of nitrogens with one attached hydrogen (secondary N) is 1. The maximum absolute atomic E-state index is 4.28. The maximum Gasteiger partial charge on any atom is 0.187 e. The summed E-state index contributed by atoms with van der Waals surface area (Å²) in [6.07, 6.45) is 8.82. The first-order valence-corrected chi connectivity index (χ1v) is 6.93. The SMILES string of the molecule is CCNC1CCCC(Sc2ncccn2)C1. The number of hydrogen-bond acceptors (Lipinski definition) is 4. The molecule has 16 heavy (non-hydrogen) atoms. The predicted octanol–water partition coefficient (Wildman–Crippen LogP) is 2.49. The Labute approximate surface area is 101 Å². The number of hydrogen-bond donors (Lipinski definition) is 1. The highest BCUT2D eigenvalue weighted by molar-refractivity contribution is 7.99. The molecule has 0 spiro atoms. The lowest BCUT2D eigenvalue weighted by atomic mass is 9.95. The summed E-state index contributed by atoms with van der Waals surface area (Å²) in [5, 5.41) is 5.15. The molecule has 1 N–H and O–H groups in total. The molecule has 0 saturated heterocycles. The zero-order chi connectivity index (χ0) is 11.2. The molecule has 1 saturated carbocycles. The van der Waals surface area contributed by atoms with Gasteiger partial charge in [0.2, 0.25) is 0 Å². The van der Waals surface area contributed by atoms with Crippen LogP contribution in [-0.2, 0) is 0 Å². The average Bonchev–Trinajstić information content (AvgIpc) is 2.31. The highest BCUT2D eigenvalue weighted by atomic mass is 32.2. The molecular weight excluding hydrogens is 218 g/mol. The van der Waals surface area contributed by atoms with Crippen molar-refractivity contribution in [2.45, 2.75) is 49.1 Å². The molecule has 2 rings (SSSR count). The van der Waals surface area contributed by atoms with Crippen molar-refractivity contribution in [3.8, 4) is 0 Å². The Balaban J connectivity index is 1.85. The predicted molar refractivity (Wildman–Crippen MR) is 67.6 cm³/mol. The maximum atomic E-state index is 4.28. The van der Waals surface area contributed by atoms with Gasteiger partial charge in [0.1, 0.15) is 0 Å². The molecule has 1 fully saturated rings. The Morgan fingerprint density at radius 3 is 2.94 bits per heavy atom. The van der Waals surface area contributed by atoms with Crippen LogP contribution in [-0.4, -0.2) is 27.8 Å². The minimum atomic E-state index is 0.681. The van der Waals surface area contributed by atoms with E-state index in [0.29, 0.717) is 11.3 Å². The van der Waals surface area contributed by atoms with E-state index in [-0.39, 0.29) is 0 Å². The van der Waals surface area contributed by atoms with E-state index in [1.165, 1.54) is 25.7 Å². The fraction of sp³-hybridized carbons (Fsp3) is 0.667. The average molecular weight is 237 g/mol. The molecule has 2 atom stereocenters. The van der Waals surface area contributed by atoms with Gasteiger partial charge in [-0.2, -0.15) is 0 Å². The lowest BCUT2D eigenvalue weighted by Crippen LogP contribution is -2.34. The van der Waals surface area contributed by atoms with Crippen molar-refractivity contribution >= 4 is 11.8 Å². The Morgan fingerprint density at radius 1 is 1.38 bits per heavy atom. The summed E-state index contributed by atoms with van der Waals surface area (Å²) in [6, 6.07) is 2.56. The van der Waals surface area contributed by atoms with Crippen LogP contribution in [0.2, 0.25) is 0 Å². The van der Waals surface area contributed by atoms with Gasteiger partial charge in [0, 0.05) is 23.7 Å². The summed E-state index contributed by atoms with van der Waals surface area (Å²) in [6.45, 7) is 3.25. The van der Waals surface area contributed by atoms with Crippen LogP contribution >= 0.6 is 11.8 Å². The molecule has 0 bridgehead atoms. The highest BCUT2D eigenvalue weighted by Crippen LogP contribution is 2.31. The van der Waals surface area contributed by atoms with E-state index >= 15 is 0 Å². The van der Waals surface area contributed by atoms with Gasteiger partial charge in [0.15, 0.2) is 5.16 Å². The smallest absolute Gasteiger partial charge is 0.187 e. The van der Waals surface area contributed by atoms with E-state index in [9.17, 15) is 0 Å². The van der Waals surface area contributed by atoms with Crippen LogP contribution in [0, 0.1) is 0 Å². The topological polar surface area (TPSA) is 37.8 Å². The van der Waals surface area contributed by atoms with E-state index in [0.717, 1.165) is 11.7 Å². The van der Waals surface area contributed by atoms with Gasteiger partial charge >= 0.3 is 0 Å². The molecule has 0 aliphatic heterocycles. The lowest BCUT2D eigenvalue weighted by molar-refractivity contribution is 0.387. The largest absolute Gasteiger partial charge is 0.314 e. The van der Waals surface area contributed by atoms with E-state index in [2.05, 4.69) is 22.2 Å². The summed E-state index contributed by atoms with van der Waals surface area (Å²) in [5.41, 5.74) is 0. The van der Waals surface area contributed by atoms with E-state index < -0.39 is 0 Å². The molecule has 4 heteroatoms. The third-order valence-corrected chi connectivity index (χ3v) is 4.12. The van der Waals surface area contributed by atoms with Gasteiger partial charge in [-0.1, -0.05) is 25.1 Å². The van der Waals surface area contributed by atoms with Crippen molar-refractivity contribution in [1.29, 1.82) is 0 Å². The lowest BCUT2D eigenvalue weighted by Gasteiger charge is -2.28. The number of aromatic nitrogens is 2. The fourth-order valence-corrected chi connectivity index (χ4v) is 3.38. The Morgan fingerprint density at radius 2 is 2.19 bits per heavy atom. The van der Waals surface area contributed by atoms with Crippen molar-refractivity contribution in [1.82, 2.24) is 15.3 Å². The summed E-state index contributed by atoms with van der Waals surface area (Å²) in [4.78, 5) is 8.55. The van der Waals surface area contributed by atoms with Crippen LogP contribution in [0.3, 0.4) is 0 Å². The molecular formula is C12H19N3S. The van der Waals surface area contributed by atoms with Gasteiger partial charge < -0.3 is 5.32 Å². The van der Waals surface area contributed by atoms with Crippen molar-refractivity contribution in [2.75, 3.05) is 6.54 Å². The zero-order valence-electron chi connectivity index (χ0n) is 9.72. The standard InChI is InChI=1S/C12H19N3S/c1-2-13-10-5-3-6-11(9-10)16-12-14-7-4-8-15-12/h4,7-8,10-11,13H,2-3,5-6,9H2,1H3. The molecule has 3 nitrogen and oxygen atoms in total. The molecule has 1 aliphatic carbocycles. The van der Waals surface area contributed by atoms with E-state index in [4.69, 9.17) is 0 Å². The van der Waals surface area contributed by atoms with Gasteiger partial charge in [0.25, 0.3) is 0 Å². The minimum absolute atomic E-state index is 0.681. The highest BCUT2D eigenvalue weighted by Gasteiger charge is 2.22. The first-order valence-electron chi connectivity index (χ1n) is 6.05. The van der Waals surface area contributed by atoms with Crippen LogP contribution in [0.4, 0.5) is 0 Å². The van der Waals surface area contributed by atoms with Crippen LogP contribution in [0.25, 0.3) is 0 Å². The van der Waals surface area contributed by atoms with Crippen molar-refractivity contribution in [2.24, 2.45) is 0 Å². The molecule has 0 radical (unpaired) electrons. The second-order valence-electron chi connectivity index (χ2n) is 4.19. The third-order valence-electron chi connectivity index (χ3n) is 2.93. The normalized spacial score (nSPS) is 25.6. The molecule has 1 heterocycles. The minimum Gasteiger partial charge on any atom is -0.314 e. The van der Waals surface area contributed by atoms with Crippen LogP contribution in [0.1, 0.15) is 32.6 Å². The Kier molecular flexibility index (Phi) is 4.60. The van der Waals surface area contributed by atoms with Crippen molar-refractivity contribution in [3.05, 3.63) is 18.5 Å².